The quantitative estimate of drug-likeness (QED) is 0.688. The molecule has 0 saturated heterocycles. The molecule has 0 aliphatic rings. The molecule has 1 N–H and O–H groups in total. The van der Waals surface area contributed by atoms with Gasteiger partial charge < -0.3 is 14.6 Å². The van der Waals surface area contributed by atoms with Crippen LogP contribution in [0.3, 0.4) is 0 Å². The molecule has 0 aromatic carbocycles. The molecule has 0 amide bonds. The van der Waals surface area contributed by atoms with Crippen LogP contribution in [0.5, 0.6) is 0 Å². The van der Waals surface area contributed by atoms with E-state index < -0.39 is 0 Å². The number of ether oxygens (including phenoxy) is 1. The molecule has 16 heavy (non-hydrogen) atoms. The summed E-state index contributed by atoms with van der Waals surface area (Å²) in [7, 11) is 1.72. The molecule has 0 spiro atoms. The molecule has 1 aromatic rings. The maximum absolute atomic E-state index is 4.99. The van der Waals surface area contributed by atoms with Gasteiger partial charge in [0, 0.05) is 32.4 Å². The zero-order valence-corrected chi connectivity index (χ0v) is 10.6. The summed E-state index contributed by atoms with van der Waals surface area (Å²) in [5.41, 5.74) is 1.25. The Bertz CT molecular complexity index is 286. The van der Waals surface area contributed by atoms with Crippen LogP contribution in [0.4, 0.5) is 0 Å². The van der Waals surface area contributed by atoms with Gasteiger partial charge in [-0.1, -0.05) is 13.3 Å². The summed E-state index contributed by atoms with van der Waals surface area (Å²) in [6.07, 6.45) is 6.26. The van der Waals surface area contributed by atoms with Crippen LogP contribution in [0.2, 0.25) is 0 Å². The van der Waals surface area contributed by atoms with Crippen LogP contribution in [-0.2, 0) is 11.3 Å². The fourth-order valence-corrected chi connectivity index (χ4v) is 1.81. The van der Waals surface area contributed by atoms with Crippen molar-refractivity contribution in [2.75, 3.05) is 20.3 Å². The highest BCUT2D eigenvalue weighted by atomic mass is 16.5. The molecule has 1 rings (SSSR count). The van der Waals surface area contributed by atoms with Gasteiger partial charge >= 0.3 is 0 Å². The zero-order valence-electron chi connectivity index (χ0n) is 10.6. The number of nitrogens with zero attached hydrogens (tertiary/aromatic N) is 2. The SMILES string of the molecule is CCCC(C)n1cncc1CNCCOC. The lowest BCUT2D eigenvalue weighted by molar-refractivity contribution is 0.199. The second-order valence-electron chi connectivity index (χ2n) is 4.10. The first-order valence-electron chi connectivity index (χ1n) is 6.00. The fourth-order valence-electron chi connectivity index (χ4n) is 1.81. The summed E-state index contributed by atoms with van der Waals surface area (Å²) in [4.78, 5) is 4.22. The molecule has 1 heterocycles. The molecule has 1 unspecified atom stereocenters. The van der Waals surface area contributed by atoms with Crippen molar-refractivity contribution in [2.24, 2.45) is 0 Å². The number of methoxy groups -OCH3 is 1. The van der Waals surface area contributed by atoms with E-state index in [1.54, 1.807) is 7.11 Å². The van der Waals surface area contributed by atoms with Gasteiger partial charge in [0.15, 0.2) is 0 Å². The summed E-state index contributed by atoms with van der Waals surface area (Å²) in [5.74, 6) is 0. The van der Waals surface area contributed by atoms with Crippen LogP contribution < -0.4 is 5.32 Å². The molecule has 1 atom stereocenters. The van der Waals surface area contributed by atoms with E-state index in [0.717, 1.165) is 19.7 Å². The van der Waals surface area contributed by atoms with Crippen molar-refractivity contribution in [3.05, 3.63) is 18.2 Å². The monoisotopic (exact) mass is 225 g/mol. The van der Waals surface area contributed by atoms with Gasteiger partial charge in [-0.2, -0.15) is 0 Å². The van der Waals surface area contributed by atoms with Gasteiger partial charge in [0.05, 0.1) is 18.6 Å². The first-order valence-corrected chi connectivity index (χ1v) is 6.00. The molecule has 0 aliphatic carbocycles. The number of rotatable bonds is 8. The van der Waals surface area contributed by atoms with Crippen molar-refractivity contribution < 1.29 is 4.74 Å². The maximum Gasteiger partial charge on any atom is 0.0951 e. The van der Waals surface area contributed by atoms with E-state index in [4.69, 9.17) is 4.74 Å². The molecular formula is C12H23N3O. The third-order valence-electron chi connectivity index (χ3n) is 2.72. The normalized spacial score (nSPS) is 12.9. The second kappa shape index (κ2) is 7.41. The molecule has 1 aromatic heterocycles. The number of aromatic nitrogens is 2. The minimum Gasteiger partial charge on any atom is -0.383 e. The van der Waals surface area contributed by atoms with E-state index in [-0.39, 0.29) is 0 Å². The Kier molecular flexibility index (Phi) is 6.11. The second-order valence-corrected chi connectivity index (χ2v) is 4.10. The number of imidazole rings is 1. The van der Waals surface area contributed by atoms with Crippen molar-refractivity contribution in [1.29, 1.82) is 0 Å². The highest BCUT2D eigenvalue weighted by Crippen LogP contribution is 2.15. The molecule has 0 saturated carbocycles. The van der Waals surface area contributed by atoms with E-state index in [0.29, 0.717) is 6.04 Å². The predicted molar refractivity (Wildman–Crippen MR) is 65.4 cm³/mol. The number of hydrogen-bond donors (Lipinski definition) is 1. The van der Waals surface area contributed by atoms with Crippen LogP contribution in [0, 0.1) is 0 Å². The third-order valence-corrected chi connectivity index (χ3v) is 2.72. The minimum atomic E-state index is 0.534. The van der Waals surface area contributed by atoms with Gasteiger partial charge in [-0.15, -0.1) is 0 Å². The smallest absolute Gasteiger partial charge is 0.0951 e. The number of nitrogens with one attached hydrogen (secondary N) is 1. The highest BCUT2D eigenvalue weighted by Gasteiger charge is 2.07. The first-order chi connectivity index (χ1) is 7.79. The fraction of sp³-hybridized carbons (Fsp3) is 0.750. The Labute approximate surface area is 98.0 Å². The average Bonchev–Trinajstić information content (AvgIpc) is 2.73. The minimum absolute atomic E-state index is 0.534. The Morgan fingerprint density at radius 2 is 2.38 bits per heavy atom. The average molecular weight is 225 g/mol. The molecular weight excluding hydrogens is 202 g/mol. The summed E-state index contributed by atoms with van der Waals surface area (Å²) >= 11 is 0. The topological polar surface area (TPSA) is 39.1 Å². The zero-order chi connectivity index (χ0) is 11.8. The van der Waals surface area contributed by atoms with E-state index in [2.05, 4.69) is 28.7 Å². The van der Waals surface area contributed by atoms with Gasteiger partial charge in [0.1, 0.15) is 0 Å². The summed E-state index contributed by atoms with van der Waals surface area (Å²) < 4.78 is 7.25. The van der Waals surface area contributed by atoms with Crippen LogP contribution in [-0.4, -0.2) is 29.8 Å². The predicted octanol–water partition coefficient (Wildman–Crippen LogP) is 1.98. The van der Waals surface area contributed by atoms with Crippen LogP contribution in [0.1, 0.15) is 38.4 Å². The molecule has 0 aliphatic heterocycles. The van der Waals surface area contributed by atoms with E-state index in [1.807, 2.05) is 12.5 Å². The van der Waals surface area contributed by atoms with E-state index >= 15 is 0 Å². The Morgan fingerprint density at radius 3 is 3.06 bits per heavy atom. The lowest BCUT2D eigenvalue weighted by Gasteiger charge is -2.16. The largest absolute Gasteiger partial charge is 0.383 e. The van der Waals surface area contributed by atoms with Gasteiger partial charge in [0.25, 0.3) is 0 Å². The lowest BCUT2D eigenvalue weighted by atomic mass is 10.2. The molecule has 4 heteroatoms. The van der Waals surface area contributed by atoms with Crippen LogP contribution >= 0.6 is 0 Å². The van der Waals surface area contributed by atoms with E-state index in [1.165, 1.54) is 18.5 Å². The standard InChI is InChI=1S/C12H23N3O/c1-4-5-11(2)15-10-14-9-12(15)8-13-6-7-16-3/h9-11,13H,4-8H2,1-3H3. The van der Waals surface area contributed by atoms with Gasteiger partial charge in [-0.05, 0) is 13.3 Å². The molecule has 0 fully saturated rings. The summed E-state index contributed by atoms with van der Waals surface area (Å²) in [6.45, 7) is 6.94. The Hall–Kier alpha value is -0.870. The van der Waals surface area contributed by atoms with E-state index in [9.17, 15) is 0 Å². The summed E-state index contributed by atoms with van der Waals surface area (Å²) in [5, 5.41) is 3.34. The molecule has 0 radical (unpaired) electrons. The van der Waals surface area contributed by atoms with Crippen molar-refractivity contribution >= 4 is 0 Å². The summed E-state index contributed by atoms with van der Waals surface area (Å²) in [6, 6.07) is 0.534. The Balaban J connectivity index is 2.43. The van der Waals surface area contributed by atoms with Crippen LogP contribution in [0.15, 0.2) is 12.5 Å². The van der Waals surface area contributed by atoms with Gasteiger partial charge in [-0.3, -0.25) is 0 Å². The molecule has 4 nitrogen and oxygen atoms in total. The number of hydrogen-bond acceptors (Lipinski definition) is 3. The Morgan fingerprint density at radius 1 is 1.56 bits per heavy atom. The molecule has 92 valence electrons. The third kappa shape index (κ3) is 3.94. The molecule has 0 bridgehead atoms. The van der Waals surface area contributed by atoms with Gasteiger partial charge in [0.2, 0.25) is 0 Å². The van der Waals surface area contributed by atoms with Crippen molar-refractivity contribution in [2.45, 2.75) is 39.3 Å². The van der Waals surface area contributed by atoms with Crippen LogP contribution in [0.25, 0.3) is 0 Å². The van der Waals surface area contributed by atoms with Crippen molar-refractivity contribution in [1.82, 2.24) is 14.9 Å². The first kappa shape index (κ1) is 13.2. The van der Waals surface area contributed by atoms with Crippen molar-refractivity contribution in [3.8, 4) is 0 Å². The van der Waals surface area contributed by atoms with Crippen molar-refractivity contribution in [3.63, 3.8) is 0 Å². The highest BCUT2D eigenvalue weighted by molar-refractivity contribution is 4.99. The van der Waals surface area contributed by atoms with Gasteiger partial charge in [-0.25, -0.2) is 4.98 Å². The lowest BCUT2D eigenvalue weighted by Crippen LogP contribution is -2.21. The maximum atomic E-state index is 4.99.